The van der Waals surface area contributed by atoms with Gasteiger partial charge in [0.05, 0.1) is 36.7 Å². The molecule has 0 aliphatic carbocycles. The minimum Gasteiger partial charge on any atom is -0.485 e. The first-order valence-corrected chi connectivity index (χ1v) is 12.4. The molecule has 1 aliphatic heterocycles. The molecule has 0 unspecified atom stereocenters. The van der Waals surface area contributed by atoms with Gasteiger partial charge in [-0.25, -0.2) is 13.2 Å². The van der Waals surface area contributed by atoms with Gasteiger partial charge in [-0.3, -0.25) is 9.52 Å². The van der Waals surface area contributed by atoms with Crippen LogP contribution in [-0.2, 0) is 10.0 Å². The smallest absolute Gasteiger partial charge is 0.317 e. The number of nitrogens with zero attached hydrogens (tertiary/aromatic N) is 2. The zero-order chi connectivity index (χ0) is 24.2. The Morgan fingerprint density at radius 2 is 2.00 bits per heavy atom. The number of aliphatic hydroxyl groups is 1. The topological polar surface area (TPSA) is 128 Å². The van der Waals surface area contributed by atoms with Crippen molar-refractivity contribution >= 4 is 27.6 Å². The summed E-state index contributed by atoms with van der Waals surface area (Å²) in [5, 5.41) is 12.5. The minimum atomic E-state index is -3.63. The molecule has 0 radical (unpaired) electrons. The van der Waals surface area contributed by atoms with Gasteiger partial charge in [0.25, 0.3) is 5.91 Å². The third-order valence-corrected chi connectivity index (χ3v) is 5.79. The van der Waals surface area contributed by atoms with E-state index in [4.69, 9.17) is 4.74 Å². The number of hydrogen-bond acceptors (Lipinski definition) is 6. The van der Waals surface area contributed by atoms with Crippen molar-refractivity contribution in [1.82, 2.24) is 15.1 Å². The normalized spacial score (nSPS) is 20.0. The molecule has 0 aromatic heterocycles. The molecule has 0 bridgehead atoms. The molecular formula is C21H34N4O6S. The van der Waals surface area contributed by atoms with E-state index in [1.165, 1.54) is 11.0 Å². The fourth-order valence-electron chi connectivity index (χ4n) is 3.45. The molecular weight excluding hydrogens is 436 g/mol. The van der Waals surface area contributed by atoms with E-state index < -0.39 is 22.2 Å². The van der Waals surface area contributed by atoms with Crippen LogP contribution in [0.4, 0.5) is 10.5 Å². The van der Waals surface area contributed by atoms with Crippen LogP contribution >= 0.6 is 0 Å². The second-order valence-corrected chi connectivity index (χ2v) is 10.4. The number of carbonyl (C=O) groups is 2. The molecule has 3 N–H and O–H groups in total. The van der Waals surface area contributed by atoms with Crippen molar-refractivity contribution in [2.24, 2.45) is 5.92 Å². The molecule has 10 nitrogen and oxygen atoms in total. The molecule has 1 heterocycles. The number of sulfonamides is 1. The number of urea groups is 1. The lowest BCUT2D eigenvalue weighted by molar-refractivity contribution is 0.0369. The van der Waals surface area contributed by atoms with Gasteiger partial charge in [0.2, 0.25) is 10.0 Å². The Kier molecular flexibility index (Phi) is 8.35. The van der Waals surface area contributed by atoms with Crippen LogP contribution in [0.3, 0.4) is 0 Å². The summed E-state index contributed by atoms with van der Waals surface area (Å²) in [4.78, 5) is 28.8. The van der Waals surface area contributed by atoms with Gasteiger partial charge >= 0.3 is 6.03 Å². The van der Waals surface area contributed by atoms with Crippen molar-refractivity contribution in [3.05, 3.63) is 23.8 Å². The van der Waals surface area contributed by atoms with Crippen LogP contribution < -0.4 is 14.8 Å². The average molecular weight is 471 g/mol. The number of benzene rings is 1. The van der Waals surface area contributed by atoms with E-state index in [9.17, 15) is 23.1 Å². The number of hydrogen-bond donors (Lipinski definition) is 3. The van der Waals surface area contributed by atoms with E-state index in [-0.39, 0.29) is 54.1 Å². The lowest BCUT2D eigenvalue weighted by atomic mass is 9.99. The number of fused-ring (bicyclic) bond motifs is 1. The maximum atomic E-state index is 13.3. The lowest BCUT2D eigenvalue weighted by Crippen LogP contribution is -2.51. The van der Waals surface area contributed by atoms with Crippen LogP contribution in [0.2, 0.25) is 0 Å². The van der Waals surface area contributed by atoms with Crippen LogP contribution in [0.1, 0.15) is 38.1 Å². The van der Waals surface area contributed by atoms with Gasteiger partial charge in [-0.05, 0) is 32.9 Å². The number of anilines is 1. The number of nitrogens with one attached hydrogen (secondary N) is 2. The summed E-state index contributed by atoms with van der Waals surface area (Å²) in [5.74, 6) is -0.483. The standard InChI is InChI=1S/C21H34N4O6S/c1-13(2)22-21(28)24(5)11-18-14(3)10-25(15(4)12-26)20(27)16-8-7-9-17(19(16)31-18)23-32(6,29)30/h7-9,13-15,18,23,26H,10-12H2,1-6H3,(H,22,28)/t14-,15+,18-/m0/s1. The molecule has 3 amide bonds. The first-order valence-electron chi connectivity index (χ1n) is 10.5. The highest BCUT2D eigenvalue weighted by Crippen LogP contribution is 2.35. The molecule has 0 saturated carbocycles. The highest BCUT2D eigenvalue weighted by Gasteiger charge is 2.35. The largest absolute Gasteiger partial charge is 0.485 e. The van der Waals surface area contributed by atoms with Crippen molar-refractivity contribution in [3.8, 4) is 5.75 Å². The van der Waals surface area contributed by atoms with Crippen molar-refractivity contribution in [1.29, 1.82) is 0 Å². The van der Waals surface area contributed by atoms with E-state index in [1.54, 1.807) is 31.0 Å². The molecule has 11 heteroatoms. The van der Waals surface area contributed by atoms with Gasteiger partial charge in [-0.2, -0.15) is 0 Å². The third kappa shape index (κ3) is 6.49. The first kappa shape index (κ1) is 25.7. The Morgan fingerprint density at radius 3 is 2.56 bits per heavy atom. The molecule has 0 fully saturated rings. The Bertz CT molecular complexity index is 936. The van der Waals surface area contributed by atoms with Gasteiger partial charge in [-0.15, -0.1) is 0 Å². The van der Waals surface area contributed by atoms with E-state index in [0.717, 1.165) is 6.26 Å². The van der Waals surface area contributed by atoms with Crippen LogP contribution in [0.15, 0.2) is 18.2 Å². The quantitative estimate of drug-likeness (QED) is 0.552. The summed E-state index contributed by atoms with van der Waals surface area (Å²) in [7, 11) is -1.99. The van der Waals surface area contributed by atoms with Crippen molar-refractivity contribution in [3.63, 3.8) is 0 Å². The second-order valence-electron chi connectivity index (χ2n) is 8.66. The van der Waals surface area contributed by atoms with Crippen LogP contribution in [-0.4, -0.2) is 86.4 Å². The third-order valence-electron chi connectivity index (χ3n) is 5.20. The number of carbonyl (C=O) groups excluding carboxylic acids is 2. The van der Waals surface area contributed by atoms with Crippen molar-refractivity contribution in [2.45, 2.75) is 45.9 Å². The SMILES string of the molecule is CC(C)NC(=O)N(C)C[C@@H]1Oc2c(NS(C)(=O)=O)cccc2C(=O)N([C@H](C)CO)C[C@@H]1C. The lowest BCUT2D eigenvalue weighted by Gasteiger charge is -2.38. The van der Waals surface area contributed by atoms with E-state index >= 15 is 0 Å². The Morgan fingerprint density at radius 1 is 1.34 bits per heavy atom. The van der Waals surface area contributed by atoms with Crippen LogP contribution in [0, 0.1) is 5.92 Å². The molecule has 1 aromatic carbocycles. The first-order chi connectivity index (χ1) is 14.8. The number of ether oxygens (including phenoxy) is 1. The molecule has 0 spiro atoms. The van der Waals surface area contributed by atoms with Gasteiger partial charge in [-0.1, -0.05) is 13.0 Å². The zero-order valence-electron chi connectivity index (χ0n) is 19.5. The van der Waals surface area contributed by atoms with Crippen molar-refractivity contribution < 1.29 is 27.9 Å². The van der Waals surface area contributed by atoms with E-state index in [0.29, 0.717) is 6.54 Å². The number of amides is 3. The Hall–Kier alpha value is -2.53. The Labute approximate surface area is 190 Å². The molecule has 0 saturated heterocycles. The average Bonchev–Trinajstić information content (AvgIpc) is 2.68. The second kappa shape index (κ2) is 10.4. The van der Waals surface area contributed by atoms with Gasteiger partial charge in [0.1, 0.15) is 6.10 Å². The van der Waals surface area contributed by atoms with Gasteiger partial charge < -0.3 is 25.0 Å². The monoisotopic (exact) mass is 470 g/mol. The summed E-state index contributed by atoms with van der Waals surface area (Å²) in [6, 6.07) is 3.89. The maximum absolute atomic E-state index is 13.3. The number of likely N-dealkylation sites (N-methyl/N-ethyl adjacent to an activating group) is 1. The molecule has 32 heavy (non-hydrogen) atoms. The Balaban J connectivity index is 2.51. The van der Waals surface area contributed by atoms with E-state index in [1.807, 2.05) is 20.8 Å². The predicted molar refractivity (Wildman–Crippen MR) is 122 cm³/mol. The molecule has 3 atom stereocenters. The molecule has 1 aliphatic rings. The molecule has 2 rings (SSSR count). The molecule has 1 aromatic rings. The summed E-state index contributed by atoms with van der Waals surface area (Å²) >= 11 is 0. The summed E-state index contributed by atoms with van der Waals surface area (Å²) in [6.07, 6.45) is 0.474. The highest BCUT2D eigenvalue weighted by molar-refractivity contribution is 7.92. The number of aliphatic hydroxyl groups excluding tert-OH is 1. The molecule has 180 valence electrons. The minimum absolute atomic E-state index is 0.0366. The number of rotatable bonds is 7. The number of para-hydroxylation sites is 1. The summed E-state index contributed by atoms with van der Waals surface area (Å²) < 4.78 is 32.4. The predicted octanol–water partition coefficient (Wildman–Crippen LogP) is 1.33. The van der Waals surface area contributed by atoms with Crippen LogP contribution in [0.25, 0.3) is 0 Å². The fraction of sp³-hybridized carbons (Fsp3) is 0.619. The van der Waals surface area contributed by atoms with E-state index in [2.05, 4.69) is 10.0 Å². The van der Waals surface area contributed by atoms with Gasteiger partial charge in [0, 0.05) is 25.6 Å². The van der Waals surface area contributed by atoms with Gasteiger partial charge in [0.15, 0.2) is 5.75 Å². The zero-order valence-corrected chi connectivity index (χ0v) is 20.3. The van der Waals surface area contributed by atoms with Crippen LogP contribution in [0.5, 0.6) is 5.75 Å². The fourth-order valence-corrected chi connectivity index (χ4v) is 4.01. The summed E-state index contributed by atoms with van der Waals surface area (Å²) in [6.45, 7) is 7.64. The maximum Gasteiger partial charge on any atom is 0.317 e. The van der Waals surface area contributed by atoms with Crippen molar-refractivity contribution in [2.75, 3.05) is 37.7 Å². The summed E-state index contributed by atoms with van der Waals surface area (Å²) in [5.41, 5.74) is 0.327. The highest BCUT2D eigenvalue weighted by atomic mass is 32.2.